The quantitative estimate of drug-likeness (QED) is 0.593. The van der Waals surface area contributed by atoms with Gasteiger partial charge in [0.25, 0.3) is 5.91 Å². The molecule has 1 aromatic carbocycles. The molecule has 3 aromatic rings. The fourth-order valence-corrected chi connectivity index (χ4v) is 2.37. The molecule has 0 saturated carbocycles. The zero-order valence-electron chi connectivity index (χ0n) is 14.2. The number of carbonyl (C=O) groups is 2. The number of methoxy groups -OCH3 is 1. The van der Waals surface area contributed by atoms with Crippen LogP contribution in [0.3, 0.4) is 0 Å². The van der Waals surface area contributed by atoms with Gasteiger partial charge in [-0.2, -0.15) is 4.98 Å². The van der Waals surface area contributed by atoms with Gasteiger partial charge in [-0.25, -0.2) is 0 Å². The van der Waals surface area contributed by atoms with Crippen molar-refractivity contribution in [2.75, 3.05) is 20.2 Å². The molecule has 2 N–H and O–H groups in total. The van der Waals surface area contributed by atoms with E-state index < -0.39 is 5.91 Å². The Morgan fingerprint density at radius 2 is 1.96 bits per heavy atom. The van der Waals surface area contributed by atoms with E-state index in [1.54, 1.807) is 24.3 Å². The predicted molar refractivity (Wildman–Crippen MR) is 94.7 cm³/mol. The van der Waals surface area contributed by atoms with Crippen molar-refractivity contribution < 1.29 is 23.3 Å². The maximum Gasteiger partial charge on any atom is 0.316 e. The van der Waals surface area contributed by atoms with Gasteiger partial charge in [-0.05, 0) is 30.3 Å². The third-order valence-corrected chi connectivity index (χ3v) is 3.70. The molecule has 0 aliphatic carbocycles. The van der Waals surface area contributed by atoms with E-state index in [0.29, 0.717) is 16.3 Å². The smallest absolute Gasteiger partial charge is 0.316 e. The second-order valence-electron chi connectivity index (χ2n) is 5.26. The Kier molecular flexibility index (Phi) is 5.72. The lowest BCUT2D eigenvalue weighted by Crippen LogP contribution is -2.34. The number of nitrogens with zero attached hydrogens (tertiary/aromatic N) is 2. The molecule has 10 heteroatoms. The maximum absolute atomic E-state index is 12.1. The van der Waals surface area contributed by atoms with Crippen molar-refractivity contribution in [2.24, 2.45) is 0 Å². The Labute approximate surface area is 158 Å². The van der Waals surface area contributed by atoms with Gasteiger partial charge in [-0.1, -0.05) is 16.8 Å². The second kappa shape index (κ2) is 8.37. The average molecular weight is 391 g/mol. The third kappa shape index (κ3) is 4.45. The number of benzene rings is 1. The van der Waals surface area contributed by atoms with Gasteiger partial charge in [-0.15, -0.1) is 0 Å². The summed E-state index contributed by atoms with van der Waals surface area (Å²) in [5.41, 5.74) is 0.499. The van der Waals surface area contributed by atoms with Crippen molar-refractivity contribution in [3.8, 4) is 17.1 Å². The summed E-state index contributed by atoms with van der Waals surface area (Å²) in [4.78, 5) is 27.8. The predicted octanol–water partition coefficient (Wildman–Crippen LogP) is 2.15. The summed E-state index contributed by atoms with van der Waals surface area (Å²) < 4.78 is 15.2. The van der Waals surface area contributed by atoms with Crippen molar-refractivity contribution >= 4 is 23.4 Å². The van der Waals surface area contributed by atoms with Gasteiger partial charge < -0.3 is 24.3 Å². The number of ether oxygens (including phenoxy) is 1. The van der Waals surface area contributed by atoms with Crippen LogP contribution < -0.4 is 15.4 Å². The van der Waals surface area contributed by atoms with Gasteiger partial charge in [0, 0.05) is 18.1 Å². The first-order valence-corrected chi connectivity index (χ1v) is 8.24. The summed E-state index contributed by atoms with van der Waals surface area (Å²) in [6.45, 7) is 0.373. The maximum atomic E-state index is 12.1. The highest BCUT2D eigenvalue weighted by atomic mass is 35.5. The SMILES string of the molecule is COc1ccc(Cl)cc1-c1noc(C(=O)NCCNC(=O)c2ccco2)n1. The molecule has 2 aromatic heterocycles. The number of hydrogen-bond acceptors (Lipinski definition) is 7. The normalized spacial score (nSPS) is 10.4. The van der Waals surface area contributed by atoms with Crippen LogP contribution in [0.15, 0.2) is 45.5 Å². The minimum Gasteiger partial charge on any atom is -0.496 e. The zero-order valence-corrected chi connectivity index (χ0v) is 14.9. The van der Waals surface area contributed by atoms with Crippen LogP contribution in [0.4, 0.5) is 0 Å². The van der Waals surface area contributed by atoms with Gasteiger partial charge in [-0.3, -0.25) is 9.59 Å². The van der Waals surface area contributed by atoms with E-state index in [2.05, 4.69) is 20.8 Å². The van der Waals surface area contributed by atoms with Crippen molar-refractivity contribution in [3.05, 3.63) is 53.3 Å². The van der Waals surface area contributed by atoms with E-state index in [-0.39, 0.29) is 36.5 Å². The molecule has 0 aliphatic heterocycles. The minimum absolute atomic E-state index is 0.170. The molecule has 140 valence electrons. The van der Waals surface area contributed by atoms with E-state index in [0.717, 1.165) is 0 Å². The summed E-state index contributed by atoms with van der Waals surface area (Å²) in [6, 6.07) is 8.08. The highest BCUT2D eigenvalue weighted by molar-refractivity contribution is 6.30. The molecular formula is C17H15ClN4O5. The fourth-order valence-electron chi connectivity index (χ4n) is 2.20. The molecule has 0 radical (unpaired) electrons. The first-order valence-electron chi connectivity index (χ1n) is 7.86. The molecule has 0 spiro atoms. The standard InChI is InChI=1S/C17H15ClN4O5/c1-25-12-5-4-10(18)9-11(12)14-21-17(27-22-14)16(24)20-7-6-19-15(23)13-3-2-8-26-13/h2-5,8-9H,6-7H2,1H3,(H,19,23)(H,20,24). The lowest BCUT2D eigenvalue weighted by atomic mass is 10.2. The lowest BCUT2D eigenvalue weighted by molar-refractivity contribution is 0.0891. The van der Waals surface area contributed by atoms with Crippen LogP contribution >= 0.6 is 11.6 Å². The molecule has 0 aliphatic rings. The van der Waals surface area contributed by atoms with Gasteiger partial charge in [0.1, 0.15) is 5.75 Å². The van der Waals surface area contributed by atoms with Crippen LogP contribution in [0.2, 0.25) is 5.02 Å². The lowest BCUT2D eigenvalue weighted by Gasteiger charge is -2.04. The Balaban J connectivity index is 1.56. The van der Waals surface area contributed by atoms with E-state index in [9.17, 15) is 9.59 Å². The Morgan fingerprint density at radius 1 is 1.19 bits per heavy atom. The van der Waals surface area contributed by atoms with Crippen molar-refractivity contribution in [3.63, 3.8) is 0 Å². The van der Waals surface area contributed by atoms with E-state index in [4.69, 9.17) is 25.3 Å². The van der Waals surface area contributed by atoms with E-state index in [1.165, 1.54) is 19.4 Å². The number of rotatable bonds is 7. The van der Waals surface area contributed by atoms with Crippen LogP contribution in [-0.4, -0.2) is 42.2 Å². The van der Waals surface area contributed by atoms with Crippen LogP contribution in [0.1, 0.15) is 21.2 Å². The molecule has 0 fully saturated rings. The number of amides is 2. The first kappa shape index (κ1) is 18.5. The third-order valence-electron chi connectivity index (χ3n) is 3.46. The van der Waals surface area contributed by atoms with Crippen molar-refractivity contribution in [1.29, 1.82) is 0 Å². The molecule has 2 heterocycles. The molecule has 0 atom stereocenters. The number of aromatic nitrogens is 2. The van der Waals surface area contributed by atoms with E-state index in [1.807, 2.05) is 0 Å². The van der Waals surface area contributed by atoms with Gasteiger partial charge in [0.05, 0.1) is 18.9 Å². The number of furan rings is 1. The number of hydrogen-bond donors (Lipinski definition) is 2. The minimum atomic E-state index is -0.568. The highest BCUT2D eigenvalue weighted by Gasteiger charge is 2.18. The summed E-state index contributed by atoms with van der Waals surface area (Å²) in [5, 5.41) is 9.41. The molecule has 0 saturated heterocycles. The molecule has 27 heavy (non-hydrogen) atoms. The average Bonchev–Trinajstić information content (AvgIpc) is 3.37. The topological polar surface area (TPSA) is 119 Å². The second-order valence-corrected chi connectivity index (χ2v) is 5.69. The molecule has 0 unspecified atom stereocenters. The Hall–Kier alpha value is -3.33. The molecule has 2 amide bonds. The van der Waals surface area contributed by atoms with Gasteiger partial charge >= 0.3 is 11.8 Å². The monoisotopic (exact) mass is 390 g/mol. The molecule has 0 bridgehead atoms. The van der Waals surface area contributed by atoms with Crippen molar-refractivity contribution in [1.82, 2.24) is 20.8 Å². The summed E-state index contributed by atoms with van der Waals surface area (Å²) >= 11 is 5.98. The highest BCUT2D eigenvalue weighted by Crippen LogP contribution is 2.30. The fraction of sp³-hybridized carbons (Fsp3) is 0.176. The zero-order chi connectivity index (χ0) is 19.2. The largest absolute Gasteiger partial charge is 0.496 e. The molecule has 3 rings (SSSR count). The Morgan fingerprint density at radius 3 is 2.67 bits per heavy atom. The summed E-state index contributed by atoms with van der Waals surface area (Å²) in [7, 11) is 1.50. The number of carbonyl (C=O) groups excluding carboxylic acids is 2. The molecule has 9 nitrogen and oxygen atoms in total. The summed E-state index contributed by atoms with van der Waals surface area (Å²) in [6.07, 6.45) is 1.40. The van der Waals surface area contributed by atoms with Gasteiger partial charge in [0.2, 0.25) is 5.82 Å². The van der Waals surface area contributed by atoms with Crippen molar-refractivity contribution in [2.45, 2.75) is 0 Å². The Bertz CT molecular complexity index is 939. The van der Waals surface area contributed by atoms with E-state index >= 15 is 0 Å². The number of halogens is 1. The van der Waals surface area contributed by atoms with Crippen LogP contribution in [0.5, 0.6) is 5.75 Å². The number of nitrogens with one attached hydrogen (secondary N) is 2. The van der Waals surface area contributed by atoms with Crippen LogP contribution in [0, 0.1) is 0 Å². The summed E-state index contributed by atoms with van der Waals surface area (Å²) in [5.74, 6) is -0.300. The van der Waals surface area contributed by atoms with Gasteiger partial charge in [0.15, 0.2) is 5.76 Å². The molecular weight excluding hydrogens is 376 g/mol. The first-order chi connectivity index (χ1) is 13.1. The van der Waals surface area contributed by atoms with Crippen LogP contribution in [0.25, 0.3) is 11.4 Å². The van der Waals surface area contributed by atoms with Crippen LogP contribution in [-0.2, 0) is 0 Å².